The summed E-state index contributed by atoms with van der Waals surface area (Å²) in [5.74, 6) is 1.74. The van der Waals surface area contributed by atoms with Crippen molar-refractivity contribution in [3.05, 3.63) is 17.5 Å². The molecule has 16 heavy (non-hydrogen) atoms. The third-order valence-corrected chi connectivity index (χ3v) is 2.20. The minimum atomic E-state index is 0.249. The van der Waals surface area contributed by atoms with E-state index in [4.69, 9.17) is 10.2 Å². The highest BCUT2D eigenvalue weighted by atomic mass is 16.4. The van der Waals surface area contributed by atoms with Gasteiger partial charge in [-0.15, -0.1) is 15.3 Å². The lowest BCUT2D eigenvalue weighted by molar-refractivity contribution is 0.434. The zero-order valence-electron chi connectivity index (χ0n) is 9.51. The average Bonchev–Trinajstić information content (AvgIpc) is 2.74. The maximum absolute atomic E-state index is 5.74. The van der Waals surface area contributed by atoms with Gasteiger partial charge in [-0.05, 0) is 5.92 Å². The Bertz CT molecular complexity index is 486. The maximum Gasteiger partial charge on any atom is 0.237 e. The Labute approximate surface area is 92.7 Å². The second kappa shape index (κ2) is 3.92. The van der Waals surface area contributed by atoms with Crippen molar-refractivity contribution >= 4 is 5.82 Å². The van der Waals surface area contributed by atoms with Crippen molar-refractivity contribution in [3.63, 3.8) is 0 Å². The molecular formula is C9H14N6O. The van der Waals surface area contributed by atoms with E-state index >= 15 is 0 Å². The van der Waals surface area contributed by atoms with Gasteiger partial charge < -0.3 is 10.2 Å². The van der Waals surface area contributed by atoms with Crippen molar-refractivity contribution in [2.24, 2.45) is 0 Å². The molecule has 0 aromatic carbocycles. The van der Waals surface area contributed by atoms with E-state index in [1.807, 2.05) is 13.8 Å². The average molecular weight is 222 g/mol. The van der Waals surface area contributed by atoms with Crippen molar-refractivity contribution < 1.29 is 4.42 Å². The van der Waals surface area contributed by atoms with Gasteiger partial charge in [0.2, 0.25) is 11.8 Å². The van der Waals surface area contributed by atoms with Crippen molar-refractivity contribution in [1.82, 2.24) is 25.2 Å². The summed E-state index contributed by atoms with van der Waals surface area (Å²) in [5, 5.41) is 15.5. The van der Waals surface area contributed by atoms with E-state index in [1.165, 1.54) is 0 Å². The molecule has 0 radical (unpaired) electrons. The van der Waals surface area contributed by atoms with Crippen LogP contribution in [0.4, 0.5) is 5.82 Å². The molecule has 0 atom stereocenters. The van der Waals surface area contributed by atoms with Crippen LogP contribution in [0.3, 0.4) is 0 Å². The van der Waals surface area contributed by atoms with Crippen molar-refractivity contribution in [3.8, 4) is 0 Å². The highest BCUT2D eigenvalue weighted by Gasteiger charge is 2.15. The fourth-order valence-corrected chi connectivity index (χ4v) is 1.57. The number of nitrogen functional groups attached to an aromatic ring is 1. The first-order valence-electron chi connectivity index (χ1n) is 5.05. The van der Waals surface area contributed by atoms with Gasteiger partial charge in [-0.3, -0.25) is 0 Å². The largest absolute Gasteiger partial charge is 0.424 e. The summed E-state index contributed by atoms with van der Waals surface area (Å²) >= 11 is 0. The highest BCUT2D eigenvalue weighted by molar-refractivity contribution is 5.35. The van der Waals surface area contributed by atoms with Gasteiger partial charge in [0, 0.05) is 6.92 Å². The Morgan fingerprint density at radius 1 is 1.31 bits per heavy atom. The molecule has 0 amide bonds. The molecule has 0 aliphatic heterocycles. The van der Waals surface area contributed by atoms with E-state index in [9.17, 15) is 0 Å². The number of rotatable bonds is 3. The summed E-state index contributed by atoms with van der Waals surface area (Å²) < 4.78 is 6.97. The number of anilines is 1. The molecule has 7 heteroatoms. The van der Waals surface area contributed by atoms with Crippen molar-refractivity contribution in [2.75, 3.05) is 5.73 Å². The van der Waals surface area contributed by atoms with Gasteiger partial charge in [0.05, 0.1) is 5.69 Å². The summed E-state index contributed by atoms with van der Waals surface area (Å²) in [6.45, 7) is 6.21. The summed E-state index contributed by atoms with van der Waals surface area (Å²) in [7, 11) is 0. The lowest BCUT2D eigenvalue weighted by Crippen LogP contribution is -2.09. The minimum Gasteiger partial charge on any atom is -0.424 e. The summed E-state index contributed by atoms with van der Waals surface area (Å²) in [4.78, 5) is 0. The van der Waals surface area contributed by atoms with Crippen molar-refractivity contribution in [2.45, 2.75) is 33.2 Å². The standard InChI is InChI=1S/C9H14N6O/c1-5(2)8-9(10)13-14-15(8)4-7-12-11-6(3)16-7/h5H,4,10H2,1-3H3. The molecule has 0 bridgehead atoms. The lowest BCUT2D eigenvalue weighted by Gasteiger charge is -2.07. The van der Waals surface area contributed by atoms with Crippen LogP contribution in [0, 0.1) is 6.92 Å². The van der Waals surface area contributed by atoms with Crippen LogP contribution in [0.25, 0.3) is 0 Å². The van der Waals surface area contributed by atoms with Crippen LogP contribution in [0.1, 0.15) is 37.2 Å². The van der Waals surface area contributed by atoms with Crippen LogP contribution in [0.5, 0.6) is 0 Å². The predicted octanol–water partition coefficient (Wildman–Crippen LogP) is 0.723. The van der Waals surface area contributed by atoms with E-state index < -0.39 is 0 Å². The zero-order valence-corrected chi connectivity index (χ0v) is 9.51. The van der Waals surface area contributed by atoms with E-state index in [1.54, 1.807) is 11.6 Å². The lowest BCUT2D eigenvalue weighted by atomic mass is 10.1. The van der Waals surface area contributed by atoms with E-state index in [0.717, 1.165) is 5.69 Å². The Kier molecular flexibility index (Phi) is 2.59. The number of aryl methyl sites for hydroxylation is 1. The first-order valence-corrected chi connectivity index (χ1v) is 5.05. The van der Waals surface area contributed by atoms with Crippen LogP contribution in [-0.2, 0) is 6.54 Å². The molecule has 2 rings (SSSR count). The molecular weight excluding hydrogens is 208 g/mol. The van der Waals surface area contributed by atoms with Gasteiger partial charge in [0.25, 0.3) is 0 Å². The number of nitrogens with two attached hydrogens (primary N) is 1. The van der Waals surface area contributed by atoms with Gasteiger partial charge in [0.1, 0.15) is 6.54 Å². The van der Waals surface area contributed by atoms with Crippen LogP contribution >= 0.6 is 0 Å². The van der Waals surface area contributed by atoms with E-state index in [2.05, 4.69) is 20.5 Å². The minimum absolute atomic E-state index is 0.249. The molecule has 2 aromatic rings. The van der Waals surface area contributed by atoms with Crippen LogP contribution in [-0.4, -0.2) is 25.2 Å². The van der Waals surface area contributed by atoms with Gasteiger partial charge in [-0.2, -0.15) is 0 Å². The maximum atomic E-state index is 5.74. The molecule has 86 valence electrons. The first kappa shape index (κ1) is 10.6. The smallest absolute Gasteiger partial charge is 0.237 e. The molecule has 0 spiro atoms. The first-order chi connectivity index (χ1) is 7.58. The molecule has 2 N–H and O–H groups in total. The highest BCUT2D eigenvalue weighted by Crippen LogP contribution is 2.19. The van der Waals surface area contributed by atoms with Crippen LogP contribution in [0.2, 0.25) is 0 Å². The summed E-state index contributed by atoms with van der Waals surface area (Å²) in [6, 6.07) is 0. The predicted molar refractivity (Wildman–Crippen MR) is 56.7 cm³/mol. The molecule has 2 aromatic heterocycles. The van der Waals surface area contributed by atoms with Gasteiger partial charge in [-0.25, -0.2) is 4.68 Å². The van der Waals surface area contributed by atoms with Crippen LogP contribution < -0.4 is 5.73 Å². The van der Waals surface area contributed by atoms with E-state index in [-0.39, 0.29) is 5.92 Å². The second-order valence-electron chi connectivity index (χ2n) is 3.89. The Hall–Kier alpha value is -1.92. The molecule has 0 aliphatic rings. The topological polar surface area (TPSA) is 95.7 Å². The van der Waals surface area contributed by atoms with Gasteiger partial charge in [-0.1, -0.05) is 19.1 Å². The summed E-state index contributed by atoms with van der Waals surface area (Å²) in [6.07, 6.45) is 0. The van der Waals surface area contributed by atoms with Crippen molar-refractivity contribution in [1.29, 1.82) is 0 Å². The fourth-order valence-electron chi connectivity index (χ4n) is 1.57. The third kappa shape index (κ3) is 1.88. The summed E-state index contributed by atoms with van der Waals surface area (Å²) in [5.41, 5.74) is 6.63. The molecule has 0 aliphatic carbocycles. The van der Waals surface area contributed by atoms with Gasteiger partial charge >= 0.3 is 0 Å². The Morgan fingerprint density at radius 3 is 2.62 bits per heavy atom. The SMILES string of the molecule is Cc1nnc(Cn2nnc(N)c2C(C)C)o1. The molecule has 7 nitrogen and oxygen atoms in total. The quantitative estimate of drug-likeness (QED) is 0.822. The second-order valence-corrected chi connectivity index (χ2v) is 3.89. The Morgan fingerprint density at radius 2 is 2.06 bits per heavy atom. The third-order valence-electron chi connectivity index (χ3n) is 2.20. The van der Waals surface area contributed by atoms with Gasteiger partial charge in [0.15, 0.2) is 5.82 Å². The molecule has 0 saturated carbocycles. The normalized spacial score (nSPS) is 11.2. The molecule has 0 unspecified atom stereocenters. The monoisotopic (exact) mass is 222 g/mol. The van der Waals surface area contributed by atoms with E-state index in [0.29, 0.717) is 24.1 Å². The number of hydrogen-bond acceptors (Lipinski definition) is 6. The molecule has 0 saturated heterocycles. The molecule has 2 heterocycles. The zero-order chi connectivity index (χ0) is 11.7. The Balaban J connectivity index is 2.28. The number of aromatic nitrogens is 5. The van der Waals surface area contributed by atoms with Crippen LogP contribution in [0.15, 0.2) is 4.42 Å². The fraction of sp³-hybridized carbons (Fsp3) is 0.556. The molecule has 0 fully saturated rings. The number of hydrogen-bond donors (Lipinski definition) is 1. The number of nitrogens with zero attached hydrogens (tertiary/aromatic N) is 5.